The van der Waals surface area contributed by atoms with Gasteiger partial charge < -0.3 is 4.98 Å². The summed E-state index contributed by atoms with van der Waals surface area (Å²) in [4.78, 5) is 3.18. The summed E-state index contributed by atoms with van der Waals surface area (Å²) in [6.07, 6.45) is 0. The van der Waals surface area contributed by atoms with Gasteiger partial charge in [0.1, 0.15) is 5.82 Å². The van der Waals surface area contributed by atoms with Gasteiger partial charge in [-0.1, -0.05) is 6.07 Å². The molecule has 1 heterocycles. The molecule has 0 fully saturated rings. The molecule has 3 rings (SSSR count). The Balaban J connectivity index is 2.38. The second-order valence-electron chi connectivity index (χ2n) is 4.72. The SMILES string of the molecule is Cc1ccc2[nH]c(=S)n(-c3ccc(F)cc3C)c2c1. The van der Waals surface area contributed by atoms with Crippen molar-refractivity contribution in [2.45, 2.75) is 13.8 Å². The molecule has 2 aromatic carbocycles. The molecule has 19 heavy (non-hydrogen) atoms. The van der Waals surface area contributed by atoms with Crippen LogP contribution in [0.2, 0.25) is 0 Å². The van der Waals surface area contributed by atoms with Gasteiger partial charge in [0.2, 0.25) is 0 Å². The third-order valence-corrected chi connectivity index (χ3v) is 3.52. The number of imidazole rings is 1. The number of aryl methyl sites for hydroxylation is 2. The van der Waals surface area contributed by atoms with Crippen LogP contribution in [0.1, 0.15) is 11.1 Å². The summed E-state index contributed by atoms with van der Waals surface area (Å²) < 4.78 is 15.8. The number of fused-ring (bicyclic) bond motifs is 1. The van der Waals surface area contributed by atoms with Crippen LogP contribution in [0.3, 0.4) is 0 Å². The van der Waals surface area contributed by atoms with Crippen LogP contribution in [0.5, 0.6) is 0 Å². The highest BCUT2D eigenvalue weighted by Crippen LogP contribution is 2.23. The van der Waals surface area contributed by atoms with Crippen molar-refractivity contribution in [2.75, 3.05) is 0 Å². The summed E-state index contributed by atoms with van der Waals surface area (Å²) in [6.45, 7) is 3.92. The average molecular weight is 272 g/mol. The third-order valence-electron chi connectivity index (χ3n) is 3.24. The molecular weight excluding hydrogens is 259 g/mol. The molecule has 0 saturated carbocycles. The van der Waals surface area contributed by atoms with Crippen molar-refractivity contribution < 1.29 is 4.39 Å². The fourth-order valence-corrected chi connectivity index (χ4v) is 2.63. The van der Waals surface area contributed by atoms with Gasteiger partial charge in [-0.05, 0) is 67.5 Å². The van der Waals surface area contributed by atoms with Crippen molar-refractivity contribution in [3.8, 4) is 5.69 Å². The van der Waals surface area contributed by atoms with E-state index in [-0.39, 0.29) is 5.82 Å². The molecule has 0 radical (unpaired) electrons. The molecule has 0 amide bonds. The molecule has 0 aliphatic heterocycles. The Kier molecular flexibility index (Phi) is 2.75. The molecule has 0 aliphatic carbocycles. The van der Waals surface area contributed by atoms with Crippen LogP contribution in [0.25, 0.3) is 16.7 Å². The van der Waals surface area contributed by atoms with Crippen molar-refractivity contribution >= 4 is 23.3 Å². The van der Waals surface area contributed by atoms with E-state index in [2.05, 4.69) is 11.1 Å². The van der Waals surface area contributed by atoms with Gasteiger partial charge in [-0.2, -0.15) is 0 Å². The van der Waals surface area contributed by atoms with Gasteiger partial charge in [0.25, 0.3) is 0 Å². The predicted octanol–water partition coefficient (Wildman–Crippen LogP) is 4.44. The molecular formula is C15H13FN2S. The lowest BCUT2D eigenvalue weighted by Crippen LogP contribution is -1.97. The predicted molar refractivity (Wildman–Crippen MR) is 77.9 cm³/mol. The van der Waals surface area contributed by atoms with Gasteiger partial charge in [-0.3, -0.25) is 4.57 Å². The minimum absolute atomic E-state index is 0.233. The maximum atomic E-state index is 13.2. The van der Waals surface area contributed by atoms with Gasteiger partial charge in [0.05, 0.1) is 16.7 Å². The molecule has 96 valence electrons. The van der Waals surface area contributed by atoms with E-state index in [1.54, 1.807) is 6.07 Å². The van der Waals surface area contributed by atoms with Crippen LogP contribution in [0.4, 0.5) is 4.39 Å². The Bertz CT molecular complexity index is 830. The normalized spacial score (nSPS) is 11.1. The number of benzene rings is 2. The molecule has 0 atom stereocenters. The summed E-state index contributed by atoms with van der Waals surface area (Å²) in [5.41, 5.74) is 4.93. The smallest absolute Gasteiger partial charge is 0.182 e. The van der Waals surface area contributed by atoms with Crippen LogP contribution < -0.4 is 0 Å². The first kappa shape index (κ1) is 12.1. The second kappa shape index (κ2) is 4.31. The van der Waals surface area contributed by atoms with Crippen LogP contribution in [0.15, 0.2) is 36.4 Å². The molecule has 2 nitrogen and oxygen atoms in total. The number of hydrogen-bond donors (Lipinski definition) is 1. The summed E-state index contributed by atoms with van der Waals surface area (Å²) >= 11 is 5.38. The first-order valence-electron chi connectivity index (χ1n) is 6.04. The van der Waals surface area contributed by atoms with Crippen molar-refractivity contribution in [3.63, 3.8) is 0 Å². The number of aromatic nitrogens is 2. The van der Waals surface area contributed by atoms with Gasteiger partial charge in [-0.15, -0.1) is 0 Å². The van der Waals surface area contributed by atoms with E-state index in [0.29, 0.717) is 4.77 Å². The van der Waals surface area contributed by atoms with Crippen LogP contribution in [-0.4, -0.2) is 9.55 Å². The molecule has 4 heteroatoms. The maximum Gasteiger partial charge on any atom is 0.182 e. The van der Waals surface area contributed by atoms with Crippen LogP contribution in [-0.2, 0) is 0 Å². The summed E-state index contributed by atoms with van der Waals surface area (Å²) in [5.74, 6) is -0.233. The van der Waals surface area contributed by atoms with Crippen LogP contribution in [0, 0.1) is 24.4 Å². The van der Waals surface area contributed by atoms with Crippen molar-refractivity contribution in [2.24, 2.45) is 0 Å². The first-order chi connectivity index (χ1) is 9.06. The zero-order valence-corrected chi connectivity index (χ0v) is 11.5. The van der Waals surface area contributed by atoms with Crippen molar-refractivity contribution in [1.29, 1.82) is 0 Å². The molecule has 1 aromatic heterocycles. The lowest BCUT2D eigenvalue weighted by molar-refractivity contribution is 0.626. The Morgan fingerprint density at radius 3 is 2.63 bits per heavy atom. The number of nitrogens with zero attached hydrogens (tertiary/aromatic N) is 1. The van der Waals surface area contributed by atoms with Crippen molar-refractivity contribution in [1.82, 2.24) is 9.55 Å². The van der Waals surface area contributed by atoms with E-state index in [1.165, 1.54) is 12.1 Å². The van der Waals surface area contributed by atoms with Gasteiger partial charge in [0, 0.05) is 0 Å². The quantitative estimate of drug-likeness (QED) is 0.649. The minimum Gasteiger partial charge on any atom is -0.330 e. The van der Waals surface area contributed by atoms with Gasteiger partial charge >= 0.3 is 0 Å². The number of H-pyrrole nitrogens is 1. The Labute approximate surface area is 115 Å². The third kappa shape index (κ3) is 1.98. The average Bonchev–Trinajstić information content (AvgIpc) is 2.65. The fraction of sp³-hybridized carbons (Fsp3) is 0.133. The lowest BCUT2D eigenvalue weighted by Gasteiger charge is -2.08. The van der Waals surface area contributed by atoms with E-state index in [9.17, 15) is 4.39 Å². The monoisotopic (exact) mass is 272 g/mol. The Morgan fingerprint density at radius 1 is 1.11 bits per heavy atom. The molecule has 0 unspecified atom stereocenters. The van der Waals surface area contributed by atoms with E-state index >= 15 is 0 Å². The fourth-order valence-electron chi connectivity index (χ4n) is 2.32. The van der Waals surface area contributed by atoms with Crippen molar-refractivity contribution in [3.05, 3.63) is 58.1 Å². The number of aromatic amines is 1. The molecule has 3 aromatic rings. The standard InChI is InChI=1S/C15H13FN2S/c1-9-3-5-12-14(7-9)18(15(19)17-12)13-6-4-11(16)8-10(13)2/h3-8H,1-2H3,(H,17,19). The van der Waals surface area contributed by atoms with E-state index in [4.69, 9.17) is 12.2 Å². The molecule has 0 bridgehead atoms. The summed E-state index contributed by atoms with van der Waals surface area (Å²) in [5, 5.41) is 0. The Hall–Kier alpha value is -1.94. The summed E-state index contributed by atoms with van der Waals surface area (Å²) in [6, 6.07) is 10.9. The molecule has 1 N–H and O–H groups in total. The van der Waals surface area contributed by atoms with Crippen LogP contribution >= 0.6 is 12.2 Å². The number of nitrogens with one attached hydrogen (secondary N) is 1. The highest BCUT2D eigenvalue weighted by molar-refractivity contribution is 7.71. The minimum atomic E-state index is -0.233. The molecule has 0 spiro atoms. The summed E-state index contributed by atoms with van der Waals surface area (Å²) in [7, 11) is 0. The molecule has 0 aliphatic rings. The topological polar surface area (TPSA) is 20.7 Å². The van der Waals surface area contributed by atoms with E-state index in [0.717, 1.165) is 27.8 Å². The zero-order chi connectivity index (χ0) is 13.6. The highest BCUT2D eigenvalue weighted by Gasteiger charge is 2.09. The van der Waals surface area contributed by atoms with E-state index < -0.39 is 0 Å². The maximum absolute atomic E-state index is 13.2. The first-order valence-corrected chi connectivity index (χ1v) is 6.45. The lowest BCUT2D eigenvalue weighted by atomic mass is 10.1. The second-order valence-corrected chi connectivity index (χ2v) is 5.10. The number of rotatable bonds is 1. The van der Waals surface area contributed by atoms with Gasteiger partial charge in [0.15, 0.2) is 4.77 Å². The largest absolute Gasteiger partial charge is 0.330 e. The number of hydrogen-bond acceptors (Lipinski definition) is 1. The van der Waals surface area contributed by atoms with E-state index in [1.807, 2.05) is 30.5 Å². The van der Waals surface area contributed by atoms with Gasteiger partial charge in [-0.25, -0.2) is 4.39 Å². The zero-order valence-electron chi connectivity index (χ0n) is 10.7. The Morgan fingerprint density at radius 2 is 1.89 bits per heavy atom. The highest BCUT2D eigenvalue weighted by atomic mass is 32.1. The molecule has 0 saturated heterocycles. The number of halogens is 1.